The van der Waals surface area contributed by atoms with E-state index in [-0.39, 0.29) is 0 Å². The third kappa shape index (κ3) is 2.74. The van der Waals surface area contributed by atoms with Gasteiger partial charge < -0.3 is 9.73 Å². The van der Waals surface area contributed by atoms with E-state index in [2.05, 4.69) is 26.1 Å². The lowest BCUT2D eigenvalue weighted by Crippen LogP contribution is -2.15. The Morgan fingerprint density at radius 1 is 1.47 bits per heavy atom. The predicted octanol–water partition coefficient (Wildman–Crippen LogP) is 4.09. The molecule has 2 aromatic rings. The second-order valence-corrected chi connectivity index (χ2v) is 6.65. The summed E-state index contributed by atoms with van der Waals surface area (Å²) in [5.41, 5.74) is 2.37. The molecule has 0 unspecified atom stereocenters. The molecule has 2 aromatic heterocycles. The molecule has 0 saturated heterocycles. The second-order valence-electron chi connectivity index (χ2n) is 5.57. The third-order valence-electron chi connectivity index (χ3n) is 3.46. The zero-order valence-corrected chi connectivity index (χ0v) is 12.5. The zero-order valence-electron chi connectivity index (χ0n) is 11.7. The van der Waals surface area contributed by atoms with Crippen LogP contribution in [0.1, 0.15) is 48.7 Å². The number of furan rings is 1. The fourth-order valence-electron chi connectivity index (χ4n) is 2.15. The topological polar surface area (TPSA) is 38.1 Å². The maximum Gasteiger partial charge on any atom is 0.165 e. The second kappa shape index (κ2) is 5.10. The first-order valence-corrected chi connectivity index (χ1v) is 7.74. The Hall–Kier alpha value is -1.13. The van der Waals surface area contributed by atoms with Crippen molar-refractivity contribution in [2.45, 2.75) is 52.1 Å². The van der Waals surface area contributed by atoms with Crippen LogP contribution >= 0.6 is 11.3 Å². The van der Waals surface area contributed by atoms with E-state index >= 15 is 0 Å². The molecule has 2 heterocycles. The molecule has 3 rings (SSSR count). The predicted molar refractivity (Wildman–Crippen MR) is 78.5 cm³/mol. The summed E-state index contributed by atoms with van der Waals surface area (Å²) in [5.74, 6) is 1.38. The van der Waals surface area contributed by atoms with Gasteiger partial charge in [0.05, 0.1) is 12.0 Å². The maximum absolute atomic E-state index is 5.56. The standard InChI is InChI=1S/C15H20N2OS/c1-9(2)13-12(8-16-11-4-5-11)19-15(17-13)14-10(3)6-7-18-14/h6-7,9,11,16H,4-5,8H2,1-3H3. The number of nitrogens with zero attached hydrogens (tertiary/aromatic N) is 1. The Bertz CT molecular complexity index is 566. The molecule has 4 heteroatoms. The van der Waals surface area contributed by atoms with Crippen molar-refractivity contribution in [2.75, 3.05) is 0 Å². The Morgan fingerprint density at radius 3 is 2.84 bits per heavy atom. The number of nitrogens with one attached hydrogen (secondary N) is 1. The number of thiazole rings is 1. The molecule has 0 atom stereocenters. The lowest BCUT2D eigenvalue weighted by atomic mass is 10.1. The fourth-order valence-corrected chi connectivity index (χ4v) is 3.38. The Balaban J connectivity index is 1.89. The molecule has 1 saturated carbocycles. The van der Waals surface area contributed by atoms with Gasteiger partial charge in [-0.05, 0) is 37.3 Å². The SMILES string of the molecule is Cc1ccoc1-c1nc(C(C)C)c(CNC2CC2)s1. The van der Waals surface area contributed by atoms with Crippen molar-refractivity contribution in [2.24, 2.45) is 0 Å². The summed E-state index contributed by atoms with van der Waals surface area (Å²) in [6.07, 6.45) is 4.38. The van der Waals surface area contributed by atoms with Crippen LogP contribution in [0, 0.1) is 6.92 Å². The highest BCUT2D eigenvalue weighted by Crippen LogP contribution is 2.34. The molecule has 0 spiro atoms. The molecular weight excluding hydrogens is 256 g/mol. The van der Waals surface area contributed by atoms with Crippen molar-refractivity contribution >= 4 is 11.3 Å². The average molecular weight is 276 g/mol. The molecule has 3 nitrogen and oxygen atoms in total. The van der Waals surface area contributed by atoms with Gasteiger partial charge in [0, 0.05) is 17.5 Å². The van der Waals surface area contributed by atoms with Crippen LogP contribution in [0.25, 0.3) is 10.8 Å². The zero-order chi connectivity index (χ0) is 13.4. The lowest BCUT2D eigenvalue weighted by molar-refractivity contribution is 0.580. The molecule has 0 aliphatic heterocycles. The van der Waals surface area contributed by atoms with Crippen LogP contribution in [0.2, 0.25) is 0 Å². The Labute approximate surface area is 118 Å². The number of aromatic nitrogens is 1. The van der Waals surface area contributed by atoms with Gasteiger partial charge in [-0.3, -0.25) is 0 Å². The molecule has 1 N–H and O–H groups in total. The molecule has 0 aromatic carbocycles. The smallest absolute Gasteiger partial charge is 0.165 e. The van der Waals surface area contributed by atoms with Crippen LogP contribution in [0.5, 0.6) is 0 Å². The van der Waals surface area contributed by atoms with E-state index in [1.54, 1.807) is 17.6 Å². The minimum absolute atomic E-state index is 0.455. The Morgan fingerprint density at radius 2 is 2.26 bits per heavy atom. The van der Waals surface area contributed by atoms with E-state index in [9.17, 15) is 0 Å². The third-order valence-corrected chi connectivity index (χ3v) is 4.53. The van der Waals surface area contributed by atoms with Crippen LogP contribution in [-0.2, 0) is 6.54 Å². The lowest BCUT2D eigenvalue weighted by Gasteiger charge is -2.05. The highest BCUT2D eigenvalue weighted by Gasteiger charge is 2.23. The number of aryl methyl sites for hydroxylation is 1. The van der Waals surface area contributed by atoms with Gasteiger partial charge in [-0.1, -0.05) is 13.8 Å². The molecule has 0 amide bonds. The maximum atomic E-state index is 5.56. The van der Waals surface area contributed by atoms with Crippen LogP contribution in [0.4, 0.5) is 0 Å². The number of hydrogen-bond donors (Lipinski definition) is 1. The van der Waals surface area contributed by atoms with E-state index in [0.29, 0.717) is 5.92 Å². The van der Waals surface area contributed by atoms with Gasteiger partial charge in [-0.25, -0.2) is 4.98 Å². The number of hydrogen-bond acceptors (Lipinski definition) is 4. The van der Waals surface area contributed by atoms with Gasteiger partial charge in [-0.2, -0.15) is 0 Å². The van der Waals surface area contributed by atoms with Gasteiger partial charge in [0.2, 0.25) is 0 Å². The van der Waals surface area contributed by atoms with Crippen LogP contribution < -0.4 is 5.32 Å². The van der Waals surface area contributed by atoms with Crippen molar-refractivity contribution < 1.29 is 4.42 Å². The molecule has 0 radical (unpaired) electrons. The summed E-state index contributed by atoms with van der Waals surface area (Å²) >= 11 is 1.76. The molecule has 19 heavy (non-hydrogen) atoms. The van der Waals surface area contributed by atoms with Gasteiger partial charge in [0.1, 0.15) is 0 Å². The van der Waals surface area contributed by atoms with Crippen molar-refractivity contribution in [3.63, 3.8) is 0 Å². The summed E-state index contributed by atoms with van der Waals surface area (Å²) in [5, 5.41) is 4.59. The van der Waals surface area contributed by atoms with E-state index < -0.39 is 0 Å². The highest BCUT2D eigenvalue weighted by atomic mass is 32.1. The minimum atomic E-state index is 0.455. The van der Waals surface area contributed by atoms with Crippen molar-refractivity contribution in [3.05, 3.63) is 28.5 Å². The van der Waals surface area contributed by atoms with E-state index in [1.165, 1.54) is 23.4 Å². The first kappa shape index (κ1) is 12.9. The van der Waals surface area contributed by atoms with E-state index in [0.717, 1.165) is 28.9 Å². The van der Waals surface area contributed by atoms with Gasteiger partial charge in [0.25, 0.3) is 0 Å². The largest absolute Gasteiger partial charge is 0.462 e. The van der Waals surface area contributed by atoms with Crippen molar-refractivity contribution in [1.29, 1.82) is 0 Å². The summed E-state index contributed by atoms with van der Waals surface area (Å²) < 4.78 is 5.56. The van der Waals surface area contributed by atoms with Crippen LogP contribution in [-0.4, -0.2) is 11.0 Å². The van der Waals surface area contributed by atoms with Gasteiger partial charge in [0.15, 0.2) is 10.8 Å². The average Bonchev–Trinajstić information content (AvgIpc) is 2.94. The summed E-state index contributed by atoms with van der Waals surface area (Å²) in [7, 11) is 0. The minimum Gasteiger partial charge on any atom is -0.462 e. The molecule has 0 bridgehead atoms. The number of rotatable bonds is 5. The molecular formula is C15H20N2OS. The van der Waals surface area contributed by atoms with Gasteiger partial charge >= 0.3 is 0 Å². The van der Waals surface area contributed by atoms with Crippen LogP contribution in [0.3, 0.4) is 0 Å². The van der Waals surface area contributed by atoms with Crippen LogP contribution in [0.15, 0.2) is 16.7 Å². The van der Waals surface area contributed by atoms with Crippen molar-refractivity contribution in [3.8, 4) is 10.8 Å². The fraction of sp³-hybridized carbons (Fsp3) is 0.533. The van der Waals surface area contributed by atoms with E-state index in [1.807, 2.05) is 6.07 Å². The highest BCUT2D eigenvalue weighted by molar-refractivity contribution is 7.15. The summed E-state index contributed by atoms with van der Waals surface area (Å²) in [4.78, 5) is 6.15. The normalized spacial score (nSPS) is 15.4. The molecule has 1 fully saturated rings. The first-order valence-electron chi connectivity index (χ1n) is 6.92. The molecule has 1 aliphatic rings. The van der Waals surface area contributed by atoms with E-state index in [4.69, 9.17) is 9.40 Å². The Kier molecular flexibility index (Phi) is 3.46. The quantitative estimate of drug-likeness (QED) is 0.894. The van der Waals surface area contributed by atoms with Gasteiger partial charge in [-0.15, -0.1) is 11.3 Å². The molecule has 102 valence electrons. The summed E-state index contributed by atoms with van der Waals surface area (Å²) in [6, 6.07) is 2.73. The summed E-state index contributed by atoms with van der Waals surface area (Å²) in [6.45, 7) is 7.41. The first-order chi connectivity index (χ1) is 9.15. The molecule has 1 aliphatic carbocycles. The monoisotopic (exact) mass is 276 g/mol. The van der Waals surface area contributed by atoms with Crippen molar-refractivity contribution in [1.82, 2.24) is 10.3 Å².